The van der Waals surface area contributed by atoms with Crippen LogP contribution >= 0.6 is 11.8 Å². The number of carbonyl (C=O) groups is 1. The van der Waals surface area contributed by atoms with Gasteiger partial charge >= 0.3 is 0 Å². The Balaban J connectivity index is 2.08. The number of aryl methyl sites for hydroxylation is 2. The number of benzene rings is 1. The number of amidine groups is 1. The van der Waals surface area contributed by atoms with Crippen molar-refractivity contribution in [3.63, 3.8) is 0 Å². The molecule has 5 nitrogen and oxygen atoms in total. The van der Waals surface area contributed by atoms with E-state index in [-0.39, 0.29) is 28.7 Å². The summed E-state index contributed by atoms with van der Waals surface area (Å²) < 4.78 is 23.9. The number of aliphatic imine (C=N–C) groups is 1. The summed E-state index contributed by atoms with van der Waals surface area (Å²) in [7, 11) is -3.02. The summed E-state index contributed by atoms with van der Waals surface area (Å²) in [5, 5.41) is 0.563. The number of sulfone groups is 1. The van der Waals surface area contributed by atoms with Crippen LogP contribution in [0.15, 0.2) is 23.2 Å². The third kappa shape index (κ3) is 2.79. The van der Waals surface area contributed by atoms with Crippen molar-refractivity contribution in [2.24, 2.45) is 4.99 Å². The highest BCUT2D eigenvalue weighted by Gasteiger charge is 2.49. The minimum absolute atomic E-state index is 0.0520. The van der Waals surface area contributed by atoms with E-state index in [9.17, 15) is 13.2 Å². The molecule has 0 bridgehead atoms. The van der Waals surface area contributed by atoms with Crippen molar-refractivity contribution in [1.82, 2.24) is 0 Å². The van der Waals surface area contributed by atoms with E-state index in [0.717, 1.165) is 16.8 Å². The van der Waals surface area contributed by atoms with Gasteiger partial charge in [0.2, 0.25) is 5.91 Å². The summed E-state index contributed by atoms with van der Waals surface area (Å²) in [4.78, 5) is 17.5. The highest BCUT2D eigenvalue weighted by atomic mass is 32.2. The third-order valence-electron chi connectivity index (χ3n) is 3.93. The van der Waals surface area contributed by atoms with Crippen molar-refractivity contribution in [3.8, 4) is 0 Å². The van der Waals surface area contributed by atoms with Crippen molar-refractivity contribution < 1.29 is 13.2 Å². The first-order valence-corrected chi connectivity index (χ1v) is 9.80. The zero-order valence-corrected chi connectivity index (χ0v) is 14.4. The summed E-state index contributed by atoms with van der Waals surface area (Å²) in [6.07, 6.45) is 0. The van der Waals surface area contributed by atoms with Gasteiger partial charge in [-0.15, -0.1) is 0 Å². The van der Waals surface area contributed by atoms with Crippen molar-refractivity contribution in [2.75, 3.05) is 16.4 Å². The lowest BCUT2D eigenvalue weighted by Gasteiger charge is -2.26. The van der Waals surface area contributed by atoms with Crippen molar-refractivity contribution in [2.45, 2.75) is 32.1 Å². The molecule has 0 saturated carbocycles. The molecule has 2 saturated heterocycles. The van der Waals surface area contributed by atoms with Crippen molar-refractivity contribution >= 4 is 38.4 Å². The van der Waals surface area contributed by atoms with E-state index in [2.05, 4.69) is 11.1 Å². The van der Waals surface area contributed by atoms with Crippen LogP contribution in [0.2, 0.25) is 0 Å². The van der Waals surface area contributed by atoms with Crippen LogP contribution in [-0.4, -0.2) is 42.3 Å². The molecule has 2 fully saturated rings. The van der Waals surface area contributed by atoms with Gasteiger partial charge in [0.1, 0.15) is 0 Å². The topological polar surface area (TPSA) is 66.8 Å². The molecule has 0 radical (unpaired) electrons. The molecule has 0 aromatic heterocycles. The van der Waals surface area contributed by atoms with Gasteiger partial charge in [-0.3, -0.25) is 4.79 Å². The van der Waals surface area contributed by atoms with Gasteiger partial charge in [-0.2, -0.15) is 4.99 Å². The quantitative estimate of drug-likeness (QED) is 0.783. The van der Waals surface area contributed by atoms with Crippen LogP contribution in [0.1, 0.15) is 18.1 Å². The highest BCUT2D eigenvalue weighted by molar-refractivity contribution is 8.16. The minimum Gasteiger partial charge on any atom is -0.315 e. The fourth-order valence-electron chi connectivity index (χ4n) is 3.06. The first-order chi connectivity index (χ1) is 10.3. The molecule has 2 aliphatic rings. The average molecular weight is 338 g/mol. The molecule has 1 aromatic carbocycles. The summed E-state index contributed by atoms with van der Waals surface area (Å²) in [6.45, 7) is 5.43. The van der Waals surface area contributed by atoms with Crippen LogP contribution in [-0.2, 0) is 14.6 Å². The Labute approximate surface area is 134 Å². The zero-order valence-electron chi connectivity index (χ0n) is 12.7. The number of nitrogens with zero attached hydrogens (tertiary/aromatic N) is 2. The maximum Gasteiger partial charge on any atom is 0.244 e. The van der Waals surface area contributed by atoms with E-state index in [0.29, 0.717) is 5.17 Å². The summed E-state index contributed by atoms with van der Waals surface area (Å²) in [6, 6.07) is 5.89. The molecule has 1 amide bonds. The highest BCUT2D eigenvalue weighted by Crippen LogP contribution is 2.41. The van der Waals surface area contributed by atoms with Crippen LogP contribution in [0.5, 0.6) is 0 Å². The molecule has 2 heterocycles. The molecule has 7 heteroatoms. The standard InChI is InChI=1S/C15H18N2O3S2/c1-9-4-5-12(10(2)6-9)17-13-7-22(19,20)8-14(13)21-15(17)16-11(3)18/h4-6,13-14H,7-8H2,1-3H3. The van der Waals surface area contributed by atoms with Crippen LogP contribution in [0.3, 0.4) is 0 Å². The number of thioether (sulfide) groups is 1. The van der Waals surface area contributed by atoms with E-state index in [1.54, 1.807) is 0 Å². The Morgan fingerprint density at radius 2 is 2.05 bits per heavy atom. The molecule has 0 spiro atoms. The van der Waals surface area contributed by atoms with E-state index in [4.69, 9.17) is 0 Å². The largest absolute Gasteiger partial charge is 0.315 e. The molecule has 22 heavy (non-hydrogen) atoms. The SMILES string of the molecule is CC(=O)N=C1SC2CS(=O)(=O)CC2N1c1ccc(C)cc1C. The van der Waals surface area contributed by atoms with Gasteiger partial charge in [0.15, 0.2) is 15.0 Å². The van der Waals surface area contributed by atoms with Gasteiger partial charge in [0, 0.05) is 17.9 Å². The van der Waals surface area contributed by atoms with Gasteiger partial charge in [0.05, 0.1) is 17.5 Å². The number of hydrogen-bond donors (Lipinski definition) is 0. The van der Waals surface area contributed by atoms with E-state index >= 15 is 0 Å². The van der Waals surface area contributed by atoms with Gasteiger partial charge in [-0.05, 0) is 25.5 Å². The molecule has 3 rings (SSSR count). The number of fused-ring (bicyclic) bond motifs is 1. The number of carbonyl (C=O) groups excluding carboxylic acids is 1. The van der Waals surface area contributed by atoms with E-state index in [1.807, 2.05) is 30.9 Å². The molecule has 2 aliphatic heterocycles. The summed E-state index contributed by atoms with van der Waals surface area (Å²) in [5.41, 5.74) is 3.14. The van der Waals surface area contributed by atoms with Crippen molar-refractivity contribution in [3.05, 3.63) is 29.3 Å². The Morgan fingerprint density at radius 1 is 1.32 bits per heavy atom. The Kier molecular flexibility index (Phi) is 3.81. The normalized spacial score (nSPS) is 28.1. The number of anilines is 1. The Morgan fingerprint density at radius 3 is 2.68 bits per heavy atom. The first kappa shape index (κ1) is 15.6. The average Bonchev–Trinajstić information content (AvgIpc) is 2.81. The lowest BCUT2D eigenvalue weighted by Crippen LogP contribution is -2.38. The summed E-state index contributed by atoms with van der Waals surface area (Å²) >= 11 is 1.40. The van der Waals surface area contributed by atoms with Crippen LogP contribution in [0, 0.1) is 13.8 Å². The molecule has 118 valence electrons. The minimum atomic E-state index is -3.02. The Bertz CT molecular complexity index is 771. The van der Waals surface area contributed by atoms with E-state index < -0.39 is 9.84 Å². The first-order valence-electron chi connectivity index (χ1n) is 7.10. The van der Waals surface area contributed by atoms with Crippen LogP contribution in [0.4, 0.5) is 5.69 Å². The van der Waals surface area contributed by atoms with E-state index in [1.165, 1.54) is 18.7 Å². The number of rotatable bonds is 1. The molecule has 1 aromatic rings. The maximum absolute atomic E-state index is 11.9. The Hall–Kier alpha value is -1.34. The van der Waals surface area contributed by atoms with Gasteiger partial charge in [0.25, 0.3) is 0 Å². The van der Waals surface area contributed by atoms with Crippen molar-refractivity contribution in [1.29, 1.82) is 0 Å². The maximum atomic E-state index is 11.9. The van der Waals surface area contributed by atoms with Gasteiger partial charge in [-0.25, -0.2) is 8.42 Å². The second kappa shape index (κ2) is 5.38. The van der Waals surface area contributed by atoms with Gasteiger partial charge < -0.3 is 4.90 Å². The second-order valence-electron chi connectivity index (χ2n) is 5.87. The lowest BCUT2D eigenvalue weighted by molar-refractivity contribution is -0.115. The van der Waals surface area contributed by atoms with Crippen LogP contribution in [0.25, 0.3) is 0 Å². The van der Waals surface area contributed by atoms with Crippen LogP contribution < -0.4 is 4.90 Å². The smallest absolute Gasteiger partial charge is 0.244 e. The fraction of sp³-hybridized carbons (Fsp3) is 0.467. The number of amides is 1. The predicted octanol–water partition coefficient (Wildman–Crippen LogP) is 1.92. The molecule has 2 atom stereocenters. The monoisotopic (exact) mass is 338 g/mol. The lowest BCUT2D eigenvalue weighted by atomic mass is 10.1. The number of hydrogen-bond acceptors (Lipinski definition) is 4. The second-order valence-corrected chi connectivity index (χ2v) is 9.23. The molecular weight excluding hydrogens is 320 g/mol. The summed E-state index contributed by atoms with van der Waals surface area (Å²) in [5.74, 6) is 0.00959. The predicted molar refractivity (Wildman–Crippen MR) is 90.3 cm³/mol. The fourth-order valence-corrected chi connectivity index (χ4v) is 7.01. The molecular formula is C15H18N2O3S2. The molecule has 0 N–H and O–H groups in total. The molecule has 0 aliphatic carbocycles. The van der Waals surface area contributed by atoms with Gasteiger partial charge in [-0.1, -0.05) is 29.5 Å². The zero-order chi connectivity index (χ0) is 16.1. The third-order valence-corrected chi connectivity index (χ3v) is 7.14. The molecule has 2 unspecified atom stereocenters.